The molecule has 0 atom stereocenters. The van der Waals surface area contributed by atoms with Crippen molar-refractivity contribution in [1.29, 1.82) is 0 Å². The lowest BCUT2D eigenvalue weighted by molar-refractivity contribution is 0.304. The third-order valence-electron chi connectivity index (χ3n) is 2.31. The van der Waals surface area contributed by atoms with E-state index >= 15 is 0 Å². The summed E-state index contributed by atoms with van der Waals surface area (Å²) in [5.41, 5.74) is 5.66. The van der Waals surface area contributed by atoms with Gasteiger partial charge in [0.2, 0.25) is 5.95 Å². The molecule has 0 fully saturated rings. The molecular formula is C10H14N4OS. The van der Waals surface area contributed by atoms with Crippen molar-refractivity contribution in [1.82, 2.24) is 9.97 Å². The molecule has 6 heteroatoms. The average molecular weight is 238 g/mol. The Labute approximate surface area is 97.5 Å². The van der Waals surface area contributed by atoms with Gasteiger partial charge in [-0.1, -0.05) is 0 Å². The average Bonchev–Trinajstić information content (AvgIpc) is 2.57. The molecule has 0 radical (unpaired) electrons. The first-order valence-electron chi connectivity index (χ1n) is 4.97. The van der Waals surface area contributed by atoms with E-state index < -0.39 is 0 Å². The second-order valence-corrected chi connectivity index (χ2v) is 4.86. The normalized spacial score (nSPS) is 10.9. The van der Waals surface area contributed by atoms with Crippen molar-refractivity contribution in [2.45, 2.75) is 6.92 Å². The summed E-state index contributed by atoms with van der Waals surface area (Å²) in [7, 11) is 1.88. The van der Waals surface area contributed by atoms with Crippen LogP contribution in [0.5, 0.6) is 0 Å². The summed E-state index contributed by atoms with van der Waals surface area (Å²) in [6, 6.07) is 2.04. The van der Waals surface area contributed by atoms with Crippen molar-refractivity contribution >= 4 is 33.3 Å². The van der Waals surface area contributed by atoms with Crippen LogP contribution in [0.1, 0.15) is 4.88 Å². The van der Waals surface area contributed by atoms with Crippen LogP contribution in [0.3, 0.4) is 0 Å². The van der Waals surface area contributed by atoms with Gasteiger partial charge < -0.3 is 15.7 Å². The Morgan fingerprint density at radius 2 is 2.25 bits per heavy atom. The number of aliphatic hydroxyl groups excluding tert-OH is 1. The van der Waals surface area contributed by atoms with Gasteiger partial charge in [-0.3, -0.25) is 0 Å². The van der Waals surface area contributed by atoms with Gasteiger partial charge in [-0.05, 0) is 13.0 Å². The van der Waals surface area contributed by atoms with E-state index in [2.05, 4.69) is 9.97 Å². The molecule has 16 heavy (non-hydrogen) atoms. The van der Waals surface area contributed by atoms with Gasteiger partial charge >= 0.3 is 0 Å². The molecule has 5 nitrogen and oxygen atoms in total. The van der Waals surface area contributed by atoms with Gasteiger partial charge in [-0.2, -0.15) is 4.98 Å². The van der Waals surface area contributed by atoms with Crippen molar-refractivity contribution < 1.29 is 5.11 Å². The standard InChI is InChI=1S/C10H14N4OS/c1-6-5-7-8(14(2)3-4-15)12-10(11)13-9(7)16-6/h5,15H,3-4H2,1-2H3,(H2,11,12,13). The van der Waals surface area contributed by atoms with E-state index in [0.29, 0.717) is 6.54 Å². The van der Waals surface area contributed by atoms with Crippen LogP contribution in [-0.2, 0) is 0 Å². The molecule has 0 aliphatic rings. The van der Waals surface area contributed by atoms with Crippen LogP contribution in [-0.4, -0.2) is 35.3 Å². The molecule has 0 saturated carbocycles. The monoisotopic (exact) mass is 238 g/mol. The van der Waals surface area contributed by atoms with Gasteiger partial charge in [0.25, 0.3) is 0 Å². The molecule has 0 unspecified atom stereocenters. The fourth-order valence-electron chi connectivity index (χ4n) is 1.59. The summed E-state index contributed by atoms with van der Waals surface area (Å²) in [6.45, 7) is 2.64. The highest BCUT2D eigenvalue weighted by molar-refractivity contribution is 7.18. The van der Waals surface area contributed by atoms with Crippen LogP contribution in [0.25, 0.3) is 10.2 Å². The van der Waals surface area contributed by atoms with E-state index in [9.17, 15) is 0 Å². The number of likely N-dealkylation sites (N-methyl/N-ethyl adjacent to an activating group) is 1. The first kappa shape index (κ1) is 11.1. The number of fused-ring (bicyclic) bond motifs is 1. The maximum absolute atomic E-state index is 8.93. The zero-order valence-electron chi connectivity index (χ0n) is 9.27. The van der Waals surface area contributed by atoms with Gasteiger partial charge in [0.05, 0.1) is 12.0 Å². The van der Waals surface area contributed by atoms with E-state index in [1.54, 1.807) is 11.3 Å². The number of thiophene rings is 1. The maximum Gasteiger partial charge on any atom is 0.223 e. The number of hydrogen-bond donors (Lipinski definition) is 2. The summed E-state index contributed by atoms with van der Waals surface area (Å²) in [5, 5.41) is 9.92. The number of aliphatic hydroxyl groups is 1. The Hall–Kier alpha value is -1.40. The minimum atomic E-state index is 0.0883. The number of rotatable bonds is 3. The molecule has 0 aliphatic heterocycles. The quantitative estimate of drug-likeness (QED) is 0.834. The van der Waals surface area contributed by atoms with Gasteiger partial charge in [0.15, 0.2) is 0 Å². The molecule has 3 N–H and O–H groups in total. The van der Waals surface area contributed by atoms with Gasteiger partial charge in [0, 0.05) is 18.5 Å². The summed E-state index contributed by atoms with van der Waals surface area (Å²) < 4.78 is 0. The smallest absolute Gasteiger partial charge is 0.223 e. The molecule has 2 heterocycles. The number of nitrogens with two attached hydrogens (primary N) is 1. The molecule has 2 aromatic heterocycles. The second-order valence-electron chi connectivity index (χ2n) is 3.63. The van der Waals surface area contributed by atoms with Gasteiger partial charge in [0.1, 0.15) is 10.6 Å². The van der Waals surface area contributed by atoms with Crippen LogP contribution >= 0.6 is 11.3 Å². The van der Waals surface area contributed by atoms with Crippen LogP contribution < -0.4 is 10.6 Å². The van der Waals surface area contributed by atoms with Crippen LogP contribution in [0.4, 0.5) is 11.8 Å². The van der Waals surface area contributed by atoms with Crippen molar-refractivity contribution in [2.75, 3.05) is 30.8 Å². The summed E-state index contributed by atoms with van der Waals surface area (Å²) in [6.07, 6.45) is 0. The van der Waals surface area contributed by atoms with E-state index in [1.807, 2.05) is 24.9 Å². The molecule has 86 valence electrons. The molecule has 0 aliphatic carbocycles. The highest BCUT2D eigenvalue weighted by Gasteiger charge is 2.12. The predicted octanol–water partition coefficient (Wildman–Crippen LogP) is 1.01. The van der Waals surface area contributed by atoms with Crippen LogP contribution in [0.15, 0.2) is 6.07 Å². The zero-order chi connectivity index (χ0) is 11.7. The van der Waals surface area contributed by atoms with Crippen molar-refractivity contribution in [3.63, 3.8) is 0 Å². The topological polar surface area (TPSA) is 75.3 Å². The largest absolute Gasteiger partial charge is 0.395 e. The zero-order valence-corrected chi connectivity index (χ0v) is 10.1. The predicted molar refractivity (Wildman–Crippen MR) is 66.9 cm³/mol. The first-order valence-corrected chi connectivity index (χ1v) is 5.79. The minimum absolute atomic E-state index is 0.0883. The maximum atomic E-state index is 8.93. The number of hydrogen-bond acceptors (Lipinski definition) is 6. The Balaban J connectivity index is 2.57. The highest BCUT2D eigenvalue weighted by atomic mass is 32.1. The molecule has 0 amide bonds. The number of anilines is 2. The molecule has 0 bridgehead atoms. The van der Waals surface area contributed by atoms with Crippen LogP contribution in [0, 0.1) is 6.92 Å². The Morgan fingerprint density at radius 3 is 2.94 bits per heavy atom. The van der Waals surface area contributed by atoms with E-state index in [1.165, 1.54) is 4.88 Å². The number of aryl methyl sites for hydroxylation is 1. The number of nitrogen functional groups attached to an aromatic ring is 1. The van der Waals surface area contributed by atoms with Crippen molar-refractivity contribution in [3.05, 3.63) is 10.9 Å². The third kappa shape index (κ3) is 1.94. The molecule has 2 rings (SSSR count). The lowest BCUT2D eigenvalue weighted by Crippen LogP contribution is -2.22. The summed E-state index contributed by atoms with van der Waals surface area (Å²) in [4.78, 5) is 12.4. The Kier molecular flexibility index (Phi) is 2.93. The summed E-state index contributed by atoms with van der Waals surface area (Å²) >= 11 is 1.60. The lowest BCUT2D eigenvalue weighted by atomic mass is 10.3. The number of aromatic nitrogens is 2. The van der Waals surface area contributed by atoms with Crippen LogP contribution in [0.2, 0.25) is 0 Å². The van der Waals surface area contributed by atoms with E-state index in [-0.39, 0.29) is 12.6 Å². The molecule has 0 aromatic carbocycles. The minimum Gasteiger partial charge on any atom is -0.395 e. The van der Waals surface area contributed by atoms with Crippen molar-refractivity contribution in [3.8, 4) is 0 Å². The Bertz CT molecular complexity index is 511. The molecule has 0 saturated heterocycles. The second kappa shape index (κ2) is 4.23. The fourth-order valence-corrected chi connectivity index (χ4v) is 2.47. The molecule has 2 aromatic rings. The van der Waals surface area contributed by atoms with Crippen molar-refractivity contribution in [2.24, 2.45) is 0 Å². The lowest BCUT2D eigenvalue weighted by Gasteiger charge is -2.17. The van der Waals surface area contributed by atoms with E-state index in [4.69, 9.17) is 10.8 Å². The number of nitrogens with zero attached hydrogens (tertiary/aromatic N) is 3. The van der Waals surface area contributed by atoms with Gasteiger partial charge in [-0.25, -0.2) is 4.98 Å². The fraction of sp³-hybridized carbons (Fsp3) is 0.400. The SMILES string of the molecule is Cc1cc2c(N(C)CCO)nc(N)nc2s1. The highest BCUT2D eigenvalue weighted by Crippen LogP contribution is 2.30. The van der Waals surface area contributed by atoms with E-state index in [0.717, 1.165) is 16.0 Å². The molecular weight excluding hydrogens is 224 g/mol. The third-order valence-corrected chi connectivity index (χ3v) is 3.25. The Morgan fingerprint density at radius 1 is 1.50 bits per heavy atom. The van der Waals surface area contributed by atoms with Gasteiger partial charge in [-0.15, -0.1) is 11.3 Å². The first-order chi connectivity index (χ1) is 7.61. The summed E-state index contributed by atoms with van der Waals surface area (Å²) in [5.74, 6) is 1.05. The molecule has 0 spiro atoms.